The summed E-state index contributed by atoms with van der Waals surface area (Å²) in [7, 11) is 0. The van der Waals surface area contributed by atoms with E-state index in [4.69, 9.17) is 19.9 Å². The van der Waals surface area contributed by atoms with Gasteiger partial charge in [0, 0.05) is 12.1 Å². The molecule has 0 bridgehead atoms. The predicted octanol–water partition coefficient (Wildman–Crippen LogP) is 1.06. The number of carbonyl (C=O) groups is 1. The average molecular weight is 281 g/mol. The number of hydrogen-bond acceptors (Lipinski definition) is 6. The fourth-order valence-corrected chi connectivity index (χ4v) is 2.93. The molecule has 3 rings (SSSR count). The molecule has 2 heterocycles. The Bertz CT molecular complexity index is 653. The second-order valence-electron chi connectivity index (χ2n) is 4.00. The summed E-state index contributed by atoms with van der Waals surface area (Å²) in [6.45, 7) is 2.45. The van der Waals surface area contributed by atoms with Crippen molar-refractivity contribution in [3.63, 3.8) is 0 Å². The number of thiazole rings is 1. The van der Waals surface area contributed by atoms with Crippen LogP contribution in [0.1, 0.15) is 6.92 Å². The van der Waals surface area contributed by atoms with Crippen LogP contribution in [0.2, 0.25) is 0 Å². The Hall–Kier alpha value is -2.02. The van der Waals surface area contributed by atoms with Crippen molar-refractivity contribution in [2.45, 2.75) is 13.5 Å². The highest BCUT2D eigenvalue weighted by molar-refractivity contribution is 7.21. The SMILES string of the molecule is CCOC(=O)C[n+]1c(N)sc2cc3c(cc21)OCO3. The Morgan fingerprint density at radius 3 is 2.95 bits per heavy atom. The van der Waals surface area contributed by atoms with Gasteiger partial charge in [-0.3, -0.25) is 5.73 Å². The zero-order valence-corrected chi connectivity index (χ0v) is 11.2. The van der Waals surface area contributed by atoms with Crippen LogP contribution in [0, 0.1) is 0 Å². The Kier molecular flexibility index (Phi) is 2.90. The summed E-state index contributed by atoms with van der Waals surface area (Å²) in [5.74, 6) is 1.07. The van der Waals surface area contributed by atoms with Crippen LogP contribution in [0.25, 0.3) is 10.2 Å². The van der Waals surface area contributed by atoms with Crippen LogP contribution in [-0.4, -0.2) is 19.4 Å². The molecule has 0 fully saturated rings. The molecule has 0 saturated carbocycles. The Morgan fingerprint density at radius 2 is 2.21 bits per heavy atom. The van der Waals surface area contributed by atoms with Gasteiger partial charge < -0.3 is 14.2 Å². The number of nitrogens with two attached hydrogens (primary N) is 1. The molecule has 0 aliphatic carbocycles. The number of carbonyl (C=O) groups excluding carboxylic acids is 1. The van der Waals surface area contributed by atoms with Crippen molar-refractivity contribution in [3.8, 4) is 11.5 Å². The van der Waals surface area contributed by atoms with Gasteiger partial charge in [0.25, 0.3) is 0 Å². The molecule has 1 aliphatic rings. The van der Waals surface area contributed by atoms with Gasteiger partial charge in [-0.25, -0.2) is 9.36 Å². The molecule has 6 nitrogen and oxygen atoms in total. The molecule has 0 unspecified atom stereocenters. The minimum Gasteiger partial charge on any atom is -0.463 e. The van der Waals surface area contributed by atoms with E-state index in [1.807, 2.05) is 12.1 Å². The fourth-order valence-electron chi connectivity index (χ4n) is 1.99. The highest BCUT2D eigenvalue weighted by Gasteiger charge is 2.23. The highest BCUT2D eigenvalue weighted by Crippen LogP contribution is 2.37. The first-order chi connectivity index (χ1) is 9.19. The molecule has 0 radical (unpaired) electrons. The van der Waals surface area contributed by atoms with E-state index in [2.05, 4.69) is 0 Å². The summed E-state index contributed by atoms with van der Waals surface area (Å²) in [4.78, 5) is 11.6. The van der Waals surface area contributed by atoms with E-state index in [-0.39, 0.29) is 19.3 Å². The topological polar surface area (TPSA) is 74.7 Å². The van der Waals surface area contributed by atoms with Crippen molar-refractivity contribution in [2.24, 2.45) is 0 Å². The second kappa shape index (κ2) is 4.58. The quantitative estimate of drug-likeness (QED) is 0.672. The van der Waals surface area contributed by atoms with Crippen LogP contribution in [-0.2, 0) is 16.1 Å². The maximum absolute atomic E-state index is 11.6. The first kappa shape index (κ1) is 12.0. The summed E-state index contributed by atoms with van der Waals surface area (Å²) in [5.41, 5.74) is 6.80. The van der Waals surface area contributed by atoms with Gasteiger partial charge in [0.1, 0.15) is 5.52 Å². The molecule has 19 heavy (non-hydrogen) atoms. The van der Waals surface area contributed by atoms with E-state index in [0.717, 1.165) is 10.2 Å². The predicted molar refractivity (Wildman–Crippen MR) is 69.2 cm³/mol. The number of aromatic nitrogens is 1. The number of benzene rings is 1. The van der Waals surface area contributed by atoms with Crippen LogP contribution < -0.4 is 19.8 Å². The van der Waals surface area contributed by atoms with Crippen molar-refractivity contribution < 1.29 is 23.6 Å². The number of nitrogens with zero attached hydrogens (tertiary/aromatic N) is 1. The molecule has 0 atom stereocenters. The average Bonchev–Trinajstić information content (AvgIpc) is 2.92. The van der Waals surface area contributed by atoms with Crippen molar-refractivity contribution in [3.05, 3.63) is 12.1 Å². The normalized spacial score (nSPS) is 12.9. The van der Waals surface area contributed by atoms with Crippen molar-refractivity contribution in [2.75, 3.05) is 19.1 Å². The number of esters is 1. The Balaban J connectivity index is 2.03. The molecule has 2 N–H and O–H groups in total. The molecule has 1 aliphatic heterocycles. The molecule has 100 valence electrons. The standard InChI is InChI=1S/C12H12N2O4S/c1-2-16-11(15)5-14-7-3-8-9(18-6-17-8)4-10(7)19-12(14)13/h3-4,13H,2,5-6H2,1H3/p+1. The van der Waals surface area contributed by atoms with E-state index in [1.54, 1.807) is 11.5 Å². The lowest BCUT2D eigenvalue weighted by atomic mass is 10.3. The molecule has 0 spiro atoms. The molecule has 7 heteroatoms. The second-order valence-corrected chi connectivity index (χ2v) is 5.07. The summed E-state index contributed by atoms with van der Waals surface area (Å²) in [6.07, 6.45) is 0. The number of rotatable bonds is 3. The molecular formula is C12H13N2O4S+. The maximum Gasteiger partial charge on any atom is 0.348 e. The van der Waals surface area contributed by atoms with E-state index < -0.39 is 0 Å². The van der Waals surface area contributed by atoms with Gasteiger partial charge in [0.2, 0.25) is 6.79 Å². The molecule has 2 aromatic rings. The summed E-state index contributed by atoms with van der Waals surface area (Å²) >= 11 is 1.40. The van der Waals surface area contributed by atoms with Gasteiger partial charge >= 0.3 is 11.1 Å². The smallest absolute Gasteiger partial charge is 0.348 e. The van der Waals surface area contributed by atoms with Crippen LogP contribution in [0.4, 0.5) is 5.13 Å². The van der Waals surface area contributed by atoms with E-state index in [1.165, 1.54) is 11.3 Å². The lowest BCUT2D eigenvalue weighted by Crippen LogP contribution is -2.39. The minimum atomic E-state index is -0.309. The van der Waals surface area contributed by atoms with E-state index in [9.17, 15) is 4.79 Å². The van der Waals surface area contributed by atoms with Gasteiger partial charge in [-0.1, -0.05) is 0 Å². The fraction of sp³-hybridized carbons (Fsp3) is 0.333. The Labute approximate surface area is 113 Å². The third-order valence-corrected chi connectivity index (χ3v) is 3.79. The monoisotopic (exact) mass is 281 g/mol. The zero-order chi connectivity index (χ0) is 13.4. The third kappa shape index (κ3) is 2.06. The lowest BCUT2D eigenvalue weighted by molar-refractivity contribution is -0.641. The summed E-state index contributed by atoms with van der Waals surface area (Å²) in [6, 6.07) is 3.71. The summed E-state index contributed by atoms with van der Waals surface area (Å²) in [5, 5.41) is 0.548. The summed E-state index contributed by atoms with van der Waals surface area (Å²) < 4.78 is 18.3. The Morgan fingerprint density at radius 1 is 1.47 bits per heavy atom. The van der Waals surface area contributed by atoms with Gasteiger partial charge in [0.05, 0.1) is 11.3 Å². The van der Waals surface area contributed by atoms with Gasteiger partial charge in [-0.15, -0.1) is 0 Å². The first-order valence-corrected chi connectivity index (χ1v) is 6.67. The van der Waals surface area contributed by atoms with E-state index in [0.29, 0.717) is 23.2 Å². The number of ether oxygens (including phenoxy) is 3. The first-order valence-electron chi connectivity index (χ1n) is 5.86. The molecule has 1 aromatic heterocycles. The number of anilines is 1. The van der Waals surface area contributed by atoms with Crippen LogP contribution in [0.5, 0.6) is 11.5 Å². The molecule has 0 saturated heterocycles. The van der Waals surface area contributed by atoms with E-state index >= 15 is 0 Å². The van der Waals surface area contributed by atoms with Gasteiger partial charge in [0.15, 0.2) is 18.0 Å². The van der Waals surface area contributed by atoms with Crippen LogP contribution in [0.3, 0.4) is 0 Å². The number of fused-ring (bicyclic) bond motifs is 2. The lowest BCUT2D eigenvalue weighted by Gasteiger charge is -2.01. The third-order valence-electron chi connectivity index (χ3n) is 2.82. The molecule has 0 amide bonds. The van der Waals surface area contributed by atoms with Crippen molar-refractivity contribution >= 4 is 32.7 Å². The number of hydrogen-bond donors (Lipinski definition) is 1. The molecular weight excluding hydrogens is 268 g/mol. The van der Waals surface area contributed by atoms with Crippen molar-refractivity contribution in [1.29, 1.82) is 0 Å². The number of nitrogen functional groups attached to an aromatic ring is 1. The largest absolute Gasteiger partial charge is 0.463 e. The van der Waals surface area contributed by atoms with Gasteiger partial charge in [-0.2, -0.15) is 0 Å². The van der Waals surface area contributed by atoms with Crippen LogP contribution >= 0.6 is 11.3 Å². The minimum absolute atomic E-state index is 0.0965. The van der Waals surface area contributed by atoms with Gasteiger partial charge in [-0.05, 0) is 18.3 Å². The van der Waals surface area contributed by atoms with Crippen molar-refractivity contribution in [1.82, 2.24) is 0 Å². The highest BCUT2D eigenvalue weighted by atomic mass is 32.1. The molecule has 1 aromatic carbocycles. The van der Waals surface area contributed by atoms with Crippen LogP contribution in [0.15, 0.2) is 12.1 Å². The maximum atomic E-state index is 11.6. The zero-order valence-electron chi connectivity index (χ0n) is 10.3.